The molecular weight excluding hydrogens is 254 g/mol. The number of rotatable bonds is 6. The van der Waals surface area contributed by atoms with E-state index in [2.05, 4.69) is 10.5 Å². The molecule has 0 spiro atoms. The normalized spacial score (nSPS) is 24.8. The first-order valence-corrected chi connectivity index (χ1v) is 7.03. The third-order valence-corrected chi connectivity index (χ3v) is 4.00. The predicted molar refractivity (Wildman–Crippen MR) is 79.0 cm³/mol. The van der Waals surface area contributed by atoms with Crippen LogP contribution < -0.4 is 11.1 Å². The minimum Gasteiger partial charge on any atom is -0.409 e. The number of hydrogen-bond acceptors (Lipinski definition) is 4. The number of nitrogens with two attached hydrogens (primary N) is 1. The second-order valence-corrected chi connectivity index (χ2v) is 5.26. The van der Waals surface area contributed by atoms with Crippen molar-refractivity contribution in [1.29, 1.82) is 0 Å². The summed E-state index contributed by atoms with van der Waals surface area (Å²) in [6.07, 6.45) is 3.57. The molecule has 0 radical (unpaired) electrons. The maximum absolute atomic E-state index is 8.95. The van der Waals surface area contributed by atoms with Crippen molar-refractivity contribution in [2.75, 3.05) is 13.7 Å². The lowest BCUT2D eigenvalue weighted by molar-refractivity contribution is 0.107. The molecule has 4 N–H and O–H groups in total. The lowest BCUT2D eigenvalue weighted by Crippen LogP contribution is -2.36. The van der Waals surface area contributed by atoms with Gasteiger partial charge < -0.3 is 21.0 Å². The van der Waals surface area contributed by atoms with E-state index >= 15 is 0 Å². The molecule has 0 saturated heterocycles. The Morgan fingerprint density at radius 2 is 2.20 bits per heavy atom. The van der Waals surface area contributed by atoms with Crippen LogP contribution in [0.5, 0.6) is 0 Å². The van der Waals surface area contributed by atoms with Gasteiger partial charge in [0.25, 0.3) is 0 Å². The fourth-order valence-corrected chi connectivity index (χ4v) is 2.77. The summed E-state index contributed by atoms with van der Waals surface area (Å²) in [7, 11) is 1.76. The molecule has 0 aromatic heterocycles. The molecule has 0 heterocycles. The van der Waals surface area contributed by atoms with E-state index in [0.29, 0.717) is 18.7 Å². The van der Waals surface area contributed by atoms with Gasteiger partial charge in [-0.1, -0.05) is 35.5 Å². The Bertz CT molecular complexity index is 436. The van der Waals surface area contributed by atoms with Crippen LogP contribution in [0.25, 0.3) is 0 Å². The second-order valence-electron chi connectivity index (χ2n) is 5.26. The highest BCUT2D eigenvalue weighted by molar-refractivity contribution is 5.87. The zero-order valence-corrected chi connectivity index (χ0v) is 11.8. The van der Waals surface area contributed by atoms with Gasteiger partial charge >= 0.3 is 0 Å². The Labute approximate surface area is 119 Å². The number of amidine groups is 1. The van der Waals surface area contributed by atoms with Crippen molar-refractivity contribution in [3.05, 3.63) is 35.9 Å². The fourth-order valence-electron chi connectivity index (χ4n) is 2.77. The molecule has 1 aliphatic carbocycles. The largest absolute Gasteiger partial charge is 0.409 e. The molecule has 0 amide bonds. The Morgan fingerprint density at radius 1 is 1.45 bits per heavy atom. The SMILES string of the molecule is COC1CCC(NCC(/C(N)=N/O)c2ccccc2)C1. The first-order chi connectivity index (χ1) is 9.74. The van der Waals surface area contributed by atoms with Crippen LogP contribution in [0, 0.1) is 0 Å². The topological polar surface area (TPSA) is 79.9 Å². The smallest absolute Gasteiger partial charge is 0.147 e. The highest BCUT2D eigenvalue weighted by Crippen LogP contribution is 2.22. The van der Waals surface area contributed by atoms with Gasteiger partial charge in [-0.05, 0) is 24.8 Å². The standard InChI is InChI=1S/C15H23N3O2/c1-20-13-8-7-12(9-13)17-10-14(15(16)18-19)11-5-3-2-4-6-11/h2-6,12-14,17,19H,7-10H2,1H3,(H2,16,18). The minimum absolute atomic E-state index is 0.109. The van der Waals surface area contributed by atoms with Gasteiger partial charge in [-0.2, -0.15) is 0 Å². The molecule has 1 aromatic carbocycles. The average Bonchev–Trinajstić information content (AvgIpc) is 2.96. The van der Waals surface area contributed by atoms with Gasteiger partial charge in [0.15, 0.2) is 0 Å². The Hall–Kier alpha value is -1.59. The number of benzene rings is 1. The predicted octanol–water partition coefficient (Wildman–Crippen LogP) is 1.67. The highest BCUT2D eigenvalue weighted by Gasteiger charge is 2.25. The quantitative estimate of drug-likeness (QED) is 0.320. The number of ether oxygens (including phenoxy) is 1. The van der Waals surface area contributed by atoms with E-state index in [9.17, 15) is 0 Å². The van der Waals surface area contributed by atoms with E-state index in [4.69, 9.17) is 15.7 Å². The van der Waals surface area contributed by atoms with Crippen molar-refractivity contribution < 1.29 is 9.94 Å². The molecule has 5 nitrogen and oxygen atoms in total. The number of methoxy groups -OCH3 is 1. The van der Waals surface area contributed by atoms with Gasteiger partial charge in [-0.3, -0.25) is 0 Å². The zero-order chi connectivity index (χ0) is 14.4. The van der Waals surface area contributed by atoms with E-state index in [1.54, 1.807) is 7.11 Å². The van der Waals surface area contributed by atoms with Crippen molar-refractivity contribution in [3.8, 4) is 0 Å². The van der Waals surface area contributed by atoms with Crippen LogP contribution in [0.15, 0.2) is 35.5 Å². The number of nitrogens with one attached hydrogen (secondary N) is 1. The molecule has 2 rings (SSSR count). The number of nitrogens with zero attached hydrogens (tertiary/aromatic N) is 1. The first-order valence-electron chi connectivity index (χ1n) is 7.03. The summed E-state index contributed by atoms with van der Waals surface area (Å²) in [5.74, 6) is 0.132. The Morgan fingerprint density at radius 3 is 2.80 bits per heavy atom. The average molecular weight is 277 g/mol. The van der Waals surface area contributed by atoms with E-state index < -0.39 is 0 Å². The zero-order valence-electron chi connectivity index (χ0n) is 11.8. The molecule has 1 aromatic rings. The van der Waals surface area contributed by atoms with Gasteiger partial charge in [0.05, 0.1) is 12.0 Å². The maximum Gasteiger partial charge on any atom is 0.147 e. The van der Waals surface area contributed by atoms with Crippen molar-refractivity contribution in [3.63, 3.8) is 0 Å². The Kier molecular flexibility index (Phi) is 5.38. The van der Waals surface area contributed by atoms with Crippen LogP contribution >= 0.6 is 0 Å². The minimum atomic E-state index is -0.109. The molecule has 1 saturated carbocycles. The molecule has 110 valence electrons. The summed E-state index contributed by atoms with van der Waals surface area (Å²) >= 11 is 0. The Balaban J connectivity index is 1.96. The van der Waals surface area contributed by atoms with Crippen LogP contribution in [-0.2, 0) is 4.74 Å². The number of oxime groups is 1. The second kappa shape index (κ2) is 7.26. The van der Waals surface area contributed by atoms with Gasteiger partial charge in [-0.25, -0.2) is 0 Å². The van der Waals surface area contributed by atoms with Crippen LogP contribution in [0.3, 0.4) is 0 Å². The third-order valence-electron chi connectivity index (χ3n) is 4.00. The van der Waals surface area contributed by atoms with Gasteiger partial charge in [0.2, 0.25) is 0 Å². The van der Waals surface area contributed by atoms with E-state index in [1.165, 1.54) is 0 Å². The summed E-state index contributed by atoms with van der Waals surface area (Å²) in [5.41, 5.74) is 6.88. The lowest BCUT2D eigenvalue weighted by atomic mass is 9.97. The fraction of sp³-hybridized carbons (Fsp3) is 0.533. The van der Waals surface area contributed by atoms with Crippen molar-refractivity contribution >= 4 is 5.84 Å². The van der Waals surface area contributed by atoms with Crippen LogP contribution in [0.2, 0.25) is 0 Å². The summed E-state index contributed by atoms with van der Waals surface area (Å²) < 4.78 is 5.37. The summed E-state index contributed by atoms with van der Waals surface area (Å²) in [6, 6.07) is 10.3. The molecular formula is C15H23N3O2. The van der Waals surface area contributed by atoms with Crippen LogP contribution in [-0.4, -0.2) is 36.8 Å². The summed E-state index contributed by atoms with van der Waals surface area (Å²) in [4.78, 5) is 0. The molecule has 0 bridgehead atoms. The first kappa shape index (κ1) is 14.8. The van der Waals surface area contributed by atoms with Crippen molar-refractivity contribution in [1.82, 2.24) is 5.32 Å². The molecule has 20 heavy (non-hydrogen) atoms. The van der Waals surface area contributed by atoms with Crippen LogP contribution in [0.1, 0.15) is 30.7 Å². The van der Waals surface area contributed by atoms with E-state index in [-0.39, 0.29) is 11.8 Å². The van der Waals surface area contributed by atoms with Crippen molar-refractivity contribution in [2.45, 2.75) is 37.3 Å². The highest BCUT2D eigenvalue weighted by atomic mass is 16.5. The molecule has 1 aliphatic rings. The van der Waals surface area contributed by atoms with Crippen molar-refractivity contribution in [2.24, 2.45) is 10.9 Å². The molecule has 3 unspecified atom stereocenters. The molecule has 5 heteroatoms. The summed E-state index contributed by atoms with van der Waals surface area (Å²) in [5, 5.41) is 15.6. The lowest BCUT2D eigenvalue weighted by Gasteiger charge is -2.20. The monoisotopic (exact) mass is 277 g/mol. The van der Waals surface area contributed by atoms with E-state index in [1.807, 2.05) is 30.3 Å². The third kappa shape index (κ3) is 3.71. The maximum atomic E-state index is 8.95. The summed E-state index contributed by atoms with van der Waals surface area (Å²) in [6.45, 7) is 0.668. The number of hydrogen-bond donors (Lipinski definition) is 3. The van der Waals surface area contributed by atoms with Crippen LogP contribution in [0.4, 0.5) is 0 Å². The molecule has 3 atom stereocenters. The van der Waals surface area contributed by atoms with Gasteiger partial charge in [-0.15, -0.1) is 0 Å². The molecule has 1 fully saturated rings. The molecule has 0 aliphatic heterocycles. The van der Waals surface area contributed by atoms with Gasteiger partial charge in [0, 0.05) is 19.7 Å². The van der Waals surface area contributed by atoms with Gasteiger partial charge in [0.1, 0.15) is 5.84 Å². The van der Waals surface area contributed by atoms with E-state index in [0.717, 1.165) is 24.8 Å².